The van der Waals surface area contributed by atoms with E-state index in [4.69, 9.17) is 9.47 Å². The minimum Gasteiger partial charge on any atom is -0.460 e. The first-order valence-electron chi connectivity index (χ1n) is 9.79. The molecule has 0 aliphatic rings. The van der Waals surface area contributed by atoms with Crippen LogP contribution in [0.15, 0.2) is 0 Å². The van der Waals surface area contributed by atoms with Crippen molar-refractivity contribution in [3.05, 3.63) is 0 Å². The lowest BCUT2D eigenvalue weighted by Gasteiger charge is -2.34. The number of aldehydes is 1. The minimum absolute atomic E-state index is 0.119. The maximum Gasteiger partial charge on any atom is 0.410 e. The van der Waals surface area contributed by atoms with E-state index in [2.05, 4.69) is 0 Å². The van der Waals surface area contributed by atoms with Gasteiger partial charge in [-0.2, -0.15) is 0 Å². The van der Waals surface area contributed by atoms with Crippen molar-refractivity contribution in [2.75, 3.05) is 7.05 Å². The van der Waals surface area contributed by atoms with Crippen LogP contribution in [0, 0.1) is 11.3 Å². The van der Waals surface area contributed by atoms with Crippen LogP contribution < -0.4 is 0 Å². The summed E-state index contributed by atoms with van der Waals surface area (Å²) in [5.41, 5.74) is -0.899. The molecule has 160 valence electrons. The third-order valence-electron chi connectivity index (χ3n) is 3.94. The number of esters is 1. The number of amides is 1. The average Bonchev–Trinajstić information content (AvgIpc) is 2.52. The van der Waals surface area contributed by atoms with Crippen LogP contribution in [0.5, 0.6) is 0 Å². The highest BCUT2D eigenvalue weighted by molar-refractivity contribution is 5.81. The molecule has 3 atom stereocenters. The van der Waals surface area contributed by atoms with Gasteiger partial charge >= 0.3 is 12.1 Å². The van der Waals surface area contributed by atoms with E-state index in [1.165, 1.54) is 11.9 Å². The predicted octanol–water partition coefficient (Wildman–Crippen LogP) is 4.84. The number of nitrogens with zero attached hydrogens (tertiary/aromatic N) is 1. The fourth-order valence-corrected chi connectivity index (χ4v) is 2.09. The van der Waals surface area contributed by atoms with Crippen molar-refractivity contribution in [2.45, 2.75) is 99.8 Å². The summed E-state index contributed by atoms with van der Waals surface area (Å²) in [7, 11) is 1.51. The van der Waals surface area contributed by atoms with Gasteiger partial charge in [0.25, 0.3) is 0 Å². The van der Waals surface area contributed by atoms with Gasteiger partial charge in [0.15, 0.2) is 0 Å². The predicted molar refractivity (Wildman–Crippen MR) is 109 cm³/mol. The third-order valence-corrected chi connectivity index (χ3v) is 3.94. The molecule has 0 radical (unpaired) electrons. The number of ether oxygens (including phenoxy) is 2. The van der Waals surface area contributed by atoms with Crippen LogP contribution in [0.25, 0.3) is 0 Å². The van der Waals surface area contributed by atoms with E-state index in [0.29, 0.717) is 12.8 Å². The molecule has 0 aliphatic heterocycles. The third kappa shape index (κ3) is 11.7. The van der Waals surface area contributed by atoms with E-state index >= 15 is 0 Å². The van der Waals surface area contributed by atoms with Crippen molar-refractivity contribution in [2.24, 2.45) is 11.3 Å². The first-order valence-corrected chi connectivity index (χ1v) is 9.79. The highest BCUT2D eigenvalue weighted by Gasteiger charge is 2.34. The molecule has 0 heterocycles. The van der Waals surface area contributed by atoms with Crippen molar-refractivity contribution < 1.29 is 23.9 Å². The summed E-state index contributed by atoms with van der Waals surface area (Å²) in [6.07, 6.45) is 0.988. The summed E-state index contributed by atoms with van der Waals surface area (Å²) >= 11 is 0. The van der Waals surface area contributed by atoms with Gasteiger partial charge in [-0.1, -0.05) is 41.5 Å². The Morgan fingerprint density at radius 1 is 1.04 bits per heavy atom. The smallest absolute Gasteiger partial charge is 0.410 e. The van der Waals surface area contributed by atoms with Gasteiger partial charge in [0, 0.05) is 13.5 Å². The van der Waals surface area contributed by atoms with Crippen molar-refractivity contribution in [3.63, 3.8) is 0 Å². The highest BCUT2D eigenvalue weighted by atomic mass is 16.6. The SMILES string of the molecule is CC.CC(CC=O)CC(OC(=O)C(C)N(C)C(=O)OC(C)(C)C)C(C)(C)C. The van der Waals surface area contributed by atoms with Gasteiger partial charge in [-0.25, -0.2) is 9.59 Å². The fraction of sp³-hybridized carbons (Fsp3) is 0.857. The van der Waals surface area contributed by atoms with E-state index in [-0.39, 0.29) is 17.4 Å². The van der Waals surface area contributed by atoms with Crippen LogP contribution in [-0.2, 0) is 19.1 Å². The largest absolute Gasteiger partial charge is 0.460 e. The molecule has 3 unspecified atom stereocenters. The molecule has 0 saturated carbocycles. The Balaban J connectivity index is 0. The molecule has 0 aliphatic carbocycles. The highest BCUT2D eigenvalue weighted by Crippen LogP contribution is 2.29. The first kappa shape index (κ1) is 27.6. The minimum atomic E-state index is -0.763. The Kier molecular flexibility index (Phi) is 12.3. The molecule has 27 heavy (non-hydrogen) atoms. The lowest BCUT2D eigenvalue weighted by molar-refractivity contribution is -0.161. The van der Waals surface area contributed by atoms with Gasteiger partial charge in [-0.15, -0.1) is 0 Å². The zero-order valence-electron chi connectivity index (χ0n) is 19.2. The lowest BCUT2D eigenvalue weighted by atomic mass is 9.83. The van der Waals surface area contributed by atoms with Crippen LogP contribution in [0.4, 0.5) is 4.79 Å². The van der Waals surface area contributed by atoms with E-state index < -0.39 is 23.7 Å². The second-order valence-electron chi connectivity index (χ2n) is 8.80. The molecule has 0 fully saturated rings. The van der Waals surface area contributed by atoms with Crippen molar-refractivity contribution in [3.8, 4) is 0 Å². The number of hydrogen-bond acceptors (Lipinski definition) is 5. The molecule has 6 nitrogen and oxygen atoms in total. The number of carbonyl (C=O) groups excluding carboxylic acids is 3. The van der Waals surface area contributed by atoms with E-state index in [1.54, 1.807) is 27.7 Å². The molecular formula is C21H41NO5. The average molecular weight is 388 g/mol. The Labute approximate surface area is 166 Å². The molecular weight excluding hydrogens is 346 g/mol. The van der Waals surface area contributed by atoms with Crippen molar-refractivity contribution >= 4 is 18.3 Å². The Bertz CT molecular complexity index is 462. The van der Waals surface area contributed by atoms with Gasteiger partial charge in [0.2, 0.25) is 0 Å². The molecule has 0 spiro atoms. The van der Waals surface area contributed by atoms with Gasteiger partial charge in [0.1, 0.15) is 24.0 Å². The zero-order valence-corrected chi connectivity index (χ0v) is 19.2. The molecule has 0 bridgehead atoms. The number of likely N-dealkylation sites (N-methyl/N-ethyl adjacent to an activating group) is 1. The monoisotopic (exact) mass is 387 g/mol. The van der Waals surface area contributed by atoms with Crippen LogP contribution in [0.3, 0.4) is 0 Å². The summed E-state index contributed by atoms with van der Waals surface area (Å²) in [5.74, 6) is -0.361. The summed E-state index contributed by atoms with van der Waals surface area (Å²) in [6, 6.07) is -0.763. The van der Waals surface area contributed by atoms with Crippen molar-refractivity contribution in [1.29, 1.82) is 0 Å². The maximum absolute atomic E-state index is 12.5. The lowest BCUT2D eigenvalue weighted by Crippen LogP contribution is -2.46. The Morgan fingerprint density at radius 2 is 1.52 bits per heavy atom. The quantitative estimate of drug-likeness (QED) is 0.461. The molecule has 0 N–H and O–H groups in total. The van der Waals surface area contributed by atoms with Gasteiger partial charge in [0.05, 0.1) is 0 Å². The van der Waals surface area contributed by atoms with E-state index in [1.807, 2.05) is 41.5 Å². The van der Waals surface area contributed by atoms with E-state index in [9.17, 15) is 14.4 Å². The van der Waals surface area contributed by atoms with Gasteiger partial charge < -0.3 is 14.3 Å². The Hall–Kier alpha value is -1.59. The van der Waals surface area contributed by atoms with Gasteiger partial charge in [-0.3, -0.25) is 4.90 Å². The number of hydrogen-bond donors (Lipinski definition) is 0. The number of carbonyl (C=O) groups is 3. The molecule has 0 aromatic rings. The summed E-state index contributed by atoms with van der Waals surface area (Å²) in [4.78, 5) is 36.5. The maximum atomic E-state index is 12.5. The zero-order chi connectivity index (χ0) is 22.0. The second-order valence-corrected chi connectivity index (χ2v) is 8.80. The topological polar surface area (TPSA) is 72.9 Å². The van der Waals surface area contributed by atoms with E-state index in [0.717, 1.165) is 6.29 Å². The van der Waals surface area contributed by atoms with Crippen LogP contribution in [0.2, 0.25) is 0 Å². The summed E-state index contributed by atoms with van der Waals surface area (Å²) < 4.78 is 11.0. The van der Waals surface area contributed by atoms with Crippen LogP contribution in [-0.4, -0.2) is 48.0 Å². The van der Waals surface area contributed by atoms with Crippen molar-refractivity contribution in [1.82, 2.24) is 4.90 Å². The molecule has 1 amide bonds. The summed E-state index contributed by atoms with van der Waals surface area (Å²) in [6.45, 7) is 18.8. The van der Waals surface area contributed by atoms with Crippen LogP contribution in [0.1, 0.15) is 82.1 Å². The second kappa shape index (κ2) is 12.0. The number of rotatable bonds is 7. The molecule has 6 heteroatoms. The van der Waals surface area contributed by atoms with Gasteiger partial charge in [-0.05, 0) is 45.4 Å². The first-order chi connectivity index (χ1) is 12.2. The molecule has 0 aromatic carbocycles. The summed E-state index contributed by atoms with van der Waals surface area (Å²) in [5, 5.41) is 0. The molecule has 0 aromatic heterocycles. The fourth-order valence-electron chi connectivity index (χ4n) is 2.09. The standard InChI is InChI=1S/C19H35NO5.C2H6/c1-13(10-11-21)12-15(18(3,4)5)24-16(22)14(2)20(9)17(23)25-19(6,7)8;1-2/h11,13-15H,10,12H2,1-9H3;1-2H3. The van der Waals surface area contributed by atoms with Crippen LogP contribution >= 0.6 is 0 Å². The normalized spacial score (nSPS) is 14.8. The molecule has 0 rings (SSSR count). The Morgan fingerprint density at radius 3 is 1.89 bits per heavy atom. The molecule has 0 saturated heterocycles.